The van der Waals surface area contributed by atoms with Crippen LogP contribution in [0.15, 0.2) is 53.5 Å². The van der Waals surface area contributed by atoms with E-state index in [1.807, 2.05) is 55.5 Å². The molecule has 10 heteroatoms. The van der Waals surface area contributed by atoms with E-state index in [-0.39, 0.29) is 30.8 Å². The van der Waals surface area contributed by atoms with Crippen molar-refractivity contribution in [1.29, 1.82) is 5.26 Å². The molecular weight excluding hydrogens is 545 g/mol. The van der Waals surface area contributed by atoms with E-state index >= 15 is 0 Å². The maximum absolute atomic E-state index is 9.57. The lowest BCUT2D eigenvalue weighted by Gasteiger charge is -2.11. The monoisotopic (exact) mass is 573 g/mol. The summed E-state index contributed by atoms with van der Waals surface area (Å²) in [6, 6.07) is 17.6. The lowest BCUT2D eigenvalue weighted by atomic mass is 10.1. The number of para-hydroxylation sites is 1. The number of nitrogens with one attached hydrogen (secondary N) is 2. The molecular formula is C24H28IN7O2. The predicted octanol–water partition coefficient (Wildman–Crippen LogP) is 3.36. The van der Waals surface area contributed by atoms with E-state index in [9.17, 15) is 5.26 Å². The molecule has 0 aliphatic carbocycles. The Balaban J connectivity index is 0.00000324. The van der Waals surface area contributed by atoms with E-state index in [4.69, 9.17) is 15.2 Å². The number of hydrogen-bond acceptors (Lipinski definition) is 6. The number of ether oxygens (including phenoxy) is 2. The van der Waals surface area contributed by atoms with Gasteiger partial charge >= 0.3 is 0 Å². The molecule has 1 aliphatic rings. The van der Waals surface area contributed by atoms with Gasteiger partial charge < -0.3 is 25.8 Å². The molecule has 0 unspecified atom stereocenters. The van der Waals surface area contributed by atoms with E-state index in [0.717, 1.165) is 41.7 Å². The molecule has 178 valence electrons. The summed E-state index contributed by atoms with van der Waals surface area (Å²) in [4.78, 5) is 4.65. The van der Waals surface area contributed by atoms with Crippen LogP contribution >= 0.6 is 24.0 Å². The van der Waals surface area contributed by atoms with Crippen LogP contribution in [0.2, 0.25) is 0 Å². The first kappa shape index (κ1) is 25.2. The molecule has 4 rings (SSSR count). The molecule has 4 N–H and O–H groups in total. The van der Waals surface area contributed by atoms with Gasteiger partial charge in [-0.25, -0.2) is 9.67 Å². The maximum atomic E-state index is 9.57. The molecule has 9 nitrogen and oxygen atoms in total. The van der Waals surface area contributed by atoms with E-state index < -0.39 is 0 Å². The van der Waals surface area contributed by atoms with Gasteiger partial charge in [-0.2, -0.15) is 10.4 Å². The average molecular weight is 573 g/mol. The molecule has 0 amide bonds. The molecule has 2 aromatic carbocycles. The van der Waals surface area contributed by atoms with Crippen molar-refractivity contribution in [2.24, 2.45) is 4.99 Å². The number of rotatable bonds is 8. The van der Waals surface area contributed by atoms with E-state index in [1.54, 1.807) is 4.68 Å². The van der Waals surface area contributed by atoms with Gasteiger partial charge in [0.25, 0.3) is 0 Å². The second-order valence-corrected chi connectivity index (χ2v) is 7.48. The van der Waals surface area contributed by atoms with Gasteiger partial charge in [-0.1, -0.05) is 24.3 Å². The first-order chi connectivity index (χ1) is 16.2. The zero-order valence-electron chi connectivity index (χ0n) is 19.0. The van der Waals surface area contributed by atoms with Crippen LogP contribution in [0.1, 0.15) is 30.2 Å². The van der Waals surface area contributed by atoms with Crippen molar-refractivity contribution in [2.45, 2.75) is 26.3 Å². The van der Waals surface area contributed by atoms with Gasteiger partial charge in [0.1, 0.15) is 17.5 Å². The molecule has 0 atom stereocenters. The Morgan fingerprint density at radius 1 is 1.18 bits per heavy atom. The third-order valence-electron chi connectivity index (χ3n) is 5.19. The number of nitrogens with zero attached hydrogens (tertiary/aromatic N) is 4. The van der Waals surface area contributed by atoms with Crippen molar-refractivity contribution < 1.29 is 9.47 Å². The van der Waals surface area contributed by atoms with Gasteiger partial charge in [0, 0.05) is 13.1 Å². The van der Waals surface area contributed by atoms with Crippen LogP contribution in [0, 0.1) is 11.3 Å². The molecule has 0 saturated carbocycles. The summed E-state index contributed by atoms with van der Waals surface area (Å²) >= 11 is 0. The topological polar surface area (TPSA) is 123 Å². The third-order valence-corrected chi connectivity index (χ3v) is 5.19. The molecule has 1 aliphatic heterocycles. The van der Waals surface area contributed by atoms with Crippen LogP contribution in [0.4, 0.5) is 5.82 Å². The highest BCUT2D eigenvalue weighted by Gasteiger charge is 2.16. The minimum absolute atomic E-state index is 0. The number of guanidine groups is 1. The van der Waals surface area contributed by atoms with Crippen molar-refractivity contribution in [3.05, 3.63) is 65.4 Å². The Labute approximate surface area is 216 Å². The first-order valence-corrected chi connectivity index (χ1v) is 10.9. The van der Waals surface area contributed by atoms with Gasteiger partial charge in [-0.15, -0.1) is 24.0 Å². The molecule has 0 spiro atoms. The van der Waals surface area contributed by atoms with Crippen LogP contribution < -0.4 is 25.8 Å². The van der Waals surface area contributed by atoms with Gasteiger partial charge in [0.05, 0.1) is 17.9 Å². The van der Waals surface area contributed by atoms with Crippen molar-refractivity contribution >= 4 is 35.8 Å². The molecule has 3 aromatic rings. The zero-order valence-corrected chi connectivity index (χ0v) is 21.3. The second-order valence-electron chi connectivity index (χ2n) is 7.48. The number of hydrogen-bond donors (Lipinski definition) is 3. The van der Waals surface area contributed by atoms with Crippen molar-refractivity contribution in [2.75, 3.05) is 25.6 Å². The summed E-state index contributed by atoms with van der Waals surface area (Å²) < 4.78 is 12.4. The molecule has 0 fully saturated rings. The van der Waals surface area contributed by atoms with Crippen LogP contribution in [-0.4, -0.2) is 35.6 Å². The number of aromatic nitrogens is 2. The lowest BCUT2D eigenvalue weighted by Crippen LogP contribution is -2.37. The Kier molecular flexibility index (Phi) is 8.98. The summed E-state index contributed by atoms with van der Waals surface area (Å²) in [5, 5.41) is 20.7. The van der Waals surface area contributed by atoms with Gasteiger partial charge in [-0.05, 0) is 49.6 Å². The Bertz CT molecular complexity index is 1170. The molecule has 2 heterocycles. The lowest BCUT2D eigenvalue weighted by molar-refractivity contribution is 0.174. The summed E-state index contributed by atoms with van der Waals surface area (Å²) in [6.07, 6.45) is 1.40. The number of nitriles is 1. The minimum Gasteiger partial charge on any atom is -0.454 e. The molecule has 1 aromatic heterocycles. The molecule has 0 saturated heterocycles. The van der Waals surface area contributed by atoms with Crippen LogP contribution in [0.3, 0.4) is 0 Å². The molecule has 0 radical (unpaired) electrons. The van der Waals surface area contributed by atoms with Gasteiger partial charge in [0.2, 0.25) is 6.79 Å². The fourth-order valence-electron chi connectivity index (χ4n) is 3.56. The fourth-order valence-corrected chi connectivity index (χ4v) is 3.56. The minimum atomic E-state index is 0. The Morgan fingerprint density at radius 3 is 2.74 bits per heavy atom. The van der Waals surface area contributed by atoms with Gasteiger partial charge in [-0.3, -0.25) is 0 Å². The van der Waals surface area contributed by atoms with Crippen LogP contribution in [0.5, 0.6) is 11.5 Å². The smallest absolute Gasteiger partial charge is 0.231 e. The quantitative estimate of drug-likeness (QED) is 0.164. The van der Waals surface area contributed by atoms with Crippen molar-refractivity contribution in [3.63, 3.8) is 0 Å². The summed E-state index contributed by atoms with van der Waals surface area (Å²) in [6.45, 7) is 4.23. The van der Waals surface area contributed by atoms with E-state index in [1.165, 1.54) is 0 Å². The Morgan fingerprint density at radius 2 is 1.97 bits per heavy atom. The third kappa shape index (κ3) is 5.91. The zero-order chi connectivity index (χ0) is 23.0. The molecule has 34 heavy (non-hydrogen) atoms. The average Bonchev–Trinajstić information content (AvgIpc) is 3.44. The highest BCUT2D eigenvalue weighted by atomic mass is 127. The molecule has 0 bridgehead atoms. The van der Waals surface area contributed by atoms with Crippen molar-refractivity contribution in [1.82, 2.24) is 20.4 Å². The summed E-state index contributed by atoms with van der Waals surface area (Å²) in [5.41, 5.74) is 9.19. The van der Waals surface area contributed by atoms with E-state index in [0.29, 0.717) is 36.6 Å². The summed E-state index contributed by atoms with van der Waals surface area (Å²) in [7, 11) is 0. The number of fused-ring (bicyclic) bond motifs is 1. The fraction of sp³-hybridized carbons (Fsp3) is 0.292. The maximum Gasteiger partial charge on any atom is 0.231 e. The number of halogens is 1. The number of aryl methyl sites for hydroxylation is 1. The number of anilines is 1. The summed E-state index contributed by atoms with van der Waals surface area (Å²) in [5.74, 6) is 2.61. The normalized spacial score (nSPS) is 12.1. The van der Waals surface area contributed by atoms with Crippen LogP contribution in [-0.2, 0) is 13.0 Å². The van der Waals surface area contributed by atoms with Crippen LogP contribution in [0.25, 0.3) is 5.69 Å². The standard InChI is InChI=1S/C24H27N7O2.HI/c1-2-27-24(29-15-17-10-11-21-22(13-17)33-16-32-21)28-12-6-9-20-19(14-25)23(26)31(30-20)18-7-4-3-5-8-18;/h3-5,7-8,10-11,13H,2,6,9,12,15-16,26H2,1H3,(H2,27,28,29);1H. The number of aliphatic imine (C=N–C) groups is 1. The second kappa shape index (κ2) is 12.1. The van der Waals surface area contributed by atoms with Gasteiger partial charge in [0.15, 0.2) is 17.5 Å². The van der Waals surface area contributed by atoms with Crippen molar-refractivity contribution in [3.8, 4) is 23.3 Å². The number of benzene rings is 2. The largest absolute Gasteiger partial charge is 0.454 e. The highest BCUT2D eigenvalue weighted by molar-refractivity contribution is 14.0. The number of nitrogen functional groups attached to an aromatic ring is 1. The predicted molar refractivity (Wildman–Crippen MR) is 142 cm³/mol. The highest BCUT2D eigenvalue weighted by Crippen LogP contribution is 2.32. The first-order valence-electron chi connectivity index (χ1n) is 10.9. The number of nitrogens with two attached hydrogens (primary N) is 1. The Hall–Kier alpha value is -3.46. The SMILES string of the molecule is CCNC(=NCc1ccc2c(c1)OCO2)NCCCc1nn(-c2ccccc2)c(N)c1C#N.I. The van der Waals surface area contributed by atoms with E-state index in [2.05, 4.69) is 26.8 Å².